The van der Waals surface area contributed by atoms with E-state index in [0.717, 1.165) is 5.56 Å². The maximum absolute atomic E-state index is 12.6. The van der Waals surface area contributed by atoms with Crippen molar-refractivity contribution in [1.82, 2.24) is 5.32 Å². The van der Waals surface area contributed by atoms with Crippen LogP contribution in [0, 0.1) is 5.92 Å². The van der Waals surface area contributed by atoms with E-state index >= 15 is 0 Å². The second-order valence-electron chi connectivity index (χ2n) is 6.74. The van der Waals surface area contributed by atoms with Crippen molar-refractivity contribution < 1.29 is 22.7 Å². The first-order valence-electron chi connectivity index (χ1n) is 8.53. The zero-order valence-electron chi connectivity index (χ0n) is 16.3. The van der Waals surface area contributed by atoms with E-state index in [0.29, 0.717) is 17.9 Å². The standard InChI is InChI=1S/C18H30N2O5S/c1-12(2)18(19,26(22,23)13(3)4)17(21)20-10-9-14-7-8-15(24-5)16(11-14)25-6/h7-8,11-13H,9-10,19H2,1-6H3,(H,20,21)/t18-/m0/s1. The van der Waals surface area contributed by atoms with E-state index in [9.17, 15) is 13.2 Å². The molecule has 1 atom stereocenters. The summed E-state index contributed by atoms with van der Waals surface area (Å²) in [6.07, 6.45) is 0.502. The molecule has 0 spiro atoms. The third-order valence-corrected chi connectivity index (χ3v) is 7.29. The van der Waals surface area contributed by atoms with Gasteiger partial charge in [0.05, 0.1) is 19.5 Å². The molecule has 0 aliphatic heterocycles. The van der Waals surface area contributed by atoms with Gasteiger partial charge in [-0.25, -0.2) is 8.42 Å². The number of methoxy groups -OCH3 is 2. The van der Waals surface area contributed by atoms with E-state index in [1.165, 1.54) is 13.8 Å². The summed E-state index contributed by atoms with van der Waals surface area (Å²) in [5.41, 5.74) is 7.01. The molecular formula is C18H30N2O5S. The average Bonchev–Trinajstić information content (AvgIpc) is 2.59. The van der Waals surface area contributed by atoms with Crippen LogP contribution >= 0.6 is 0 Å². The lowest BCUT2D eigenvalue weighted by Gasteiger charge is -2.33. The molecule has 1 aromatic carbocycles. The molecule has 0 heterocycles. The molecule has 0 aliphatic carbocycles. The third-order valence-electron chi connectivity index (χ3n) is 4.45. The predicted molar refractivity (Wildman–Crippen MR) is 102 cm³/mol. The fourth-order valence-corrected chi connectivity index (χ4v) is 4.37. The van der Waals surface area contributed by atoms with Crippen molar-refractivity contribution in [2.45, 2.75) is 44.2 Å². The molecule has 1 rings (SSSR count). The molecule has 7 nitrogen and oxygen atoms in total. The summed E-state index contributed by atoms with van der Waals surface area (Å²) in [4.78, 5) is 10.7. The normalized spacial score (nSPS) is 14.2. The molecule has 0 bridgehead atoms. The smallest absolute Gasteiger partial charge is 0.256 e. The van der Waals surface area contributed by atoms with E-state index in [2.05, 4.69) is 5.32 Å². The Morgan fingerprint density at radius 1 is 1.15 bits per heavy atom. The van der Waals surface area contributed by atoms with Crippen LogP contribution < -0.4 is 20.5 Å². The molecule has 0 saturated heterocycles. The lowest BCUT2D eigenvalue weighted by molar-refractivity contribution is -0.124. The number of hydrogen-bond donors (Lipinski definition) is 2. The fourth-order valence-electron chi connectivity index (χ4n) is 2.60. The number of benzene rings is 1. The van der Waals surface area contributed by atoms with Crippen LogP contribution in [0.2, 0.25) is 0 Å². The zero-order valence-corrected chi connectivity index (χ0v) is 17.1. The number of amides is 1. The SMILES string of the molecule is COc1ccc(CCNC(=O)[C@](N)(C(C)C)S(=O)(=O)C(C)C)cc1OC. The van der Waals surface area contributed by atoms with Crippen molar-refractivity contribution in [1.29, 1.82) is 0 Å². The molecule has 0 aliphatic rings. The number of carbonyl (C=O) groups excluding carboxylic acids is 1. The minimum Gasteiger partial charge on any atom is -0.493 e. The molecule has 1 amide bonds. The number of carbonyl (C=O) groups is 1. The molecule has 26 heavy (non-hydrogen) atoms. The summed E-state index contributed by atoms with van der Waals surface area (Å²) >= 11 is 0. The van der Waals surface area contributed by atoms with Gasteiger partial charge >= 0.3 is 0 Å². The number of ether oxygens (including phenoxy) is 2. The molecule has 0 unspecified atom stereocenters. The van der Waals surface area contributed by atoms with Gasteiger partial charge in [0.2, 0.25) is 4.87 Å². The van der Waals surface area contributed by atoms with Crippen LogP contribution in [0.3, 0.4) is 0 Å². The fraction of sp³-hybridized carbons (Fsp3) is 0.611. The van der Waals surface area contributed by atoms with Crippen LogP contribution in [0.15, 0.2) is 18.2 Å². The first kappa shape index (κ1) is 22.2. The third kappa shape index (κ3) is 4.29. The number of rotatable bonds is 9. The molecule has 148 valence electrons. The van der Waals surface area contributed by atoms with Crippen LogP contribution in [0.4, 0.5) is 0 Å². The summed E-state index contributed by atoms with van der Waals surface area (Å²) in [6, 6.07) is 5.45. The van der Waals surface area contributed by atoms with E-state index < -0.39 is 31.8 Å². The Bertz CT molecular complexity index is 731. The van der Waals surface area contributed by atoms with Crippen LogP contribution in [-0.4, -0.2) is 45.2 Å². The highest BCUT2D eigenvalue weighted by Crippen LogP contribution is 2.28. The van der Waals surface area contributed by atoms with Crippen molar-refractivity contribution in [3.05, 3.63) is 23.8 Å². The Morgan fingerprint density at radius 3 is 2.19 bits per heavy atom. The highest BCUT2D eigenvalue weighted by Gasteiger charge is 2.50. The Morgan fingerprint density at radius 2 is 1.73 bits per heavy atom. The molecule has 0 aromatic heterocycles. The van der Waals surface area contributed by atoms with Gasteiger partial charge in [-0.15, -0.1) is 0 Å². The van der Waals surface area contributed by atoms with Crippen molar-refractivity contribution in [2.24, 2.45) is 11.7 Å². The molecule has 0 fully saturated rings. The number of sulfone groups is 1. The second-order valence-corrected chi connectivity index (χ2v) is 9.45. The van der Waals surface area contributed by atoms with Gasteiger partial charge < -0.3 is 20.5 Å². The molecule has 3 N–H and O–H groups in total. The maximum Gasteiger partial charge on any atom is 0.256 e. The van der Waals surface area contributed by atoms with Crippen LogP contribution in [0.5, 0.6) is 11.5 Å². The molecule has 0 radical (unpaired) electrons. The second kappa shape index (κ2) is 8.73. The van der Waals surface area contributed by atoms with Crippen LogP contribution in [0.1, 0.15) is 33.3 Å². The zero-order chi connectivity index (χ0) is 20.1. The summed E-state index contributed by atoms with van der Waals surface area (Å²) in [7, 11) is -0.720. The predicted octanol–water partition coefficient (Wildman–Crippen LogP) is 1.50. The first-order chi connectivity index (χ1) is 12.0. The minimum absolute atomic E-state index is 0.258. The van der Waals surface area contributed by atoms with E-state index in [-0.39, 0.29) is 6.54 Å². The lowest BCUT2D eigenvalue weighted by atomic mass is 10.0. The van der Waals surface area contributed by atoms with Crippen molar-refractivity contribution >= 4 is 15.7 Å². The minimum atomic E-state index is -3.82. The van der Waals surface area contributed by atoms with Gasteiger partial charge in [-0.3, -0.25) is 4.79 Å². The van der Waals surface area contributed by atoms with E-state index in [1.807, 2.05) is 12.1 Å². The maximum atomic E-state index is 12.6. The Balaban J connectivity index is 2.88. The summed E-state index contributed by atoms with van der Waals surface area (Å²) in [5.74, 6) is -0.0317. The van der Waals surface area contributed by atoms with Crippen LogP contribution in [-0.2, 0) is 21.1 Å². The topological polar surface area (TPSA) is 108 Å². The van der Waals surface area contributed by atoms with Gasteiger partial charge in [-0.2, -0.15) is 0 Å². The largest absolute Gasteiger partial charge is 0.493 e. The summed E-state index contributed by atoms with van der Waals surface area (Å²) in [5, 5.41) is 1.92. The Labute approximate surface area is 156 Å². The van der Waals surface area contributed by atoms with E-state index in [4.69, 9.17) is 15.2 Å². The summed E-state index contributed by atoms with van der Waals surface area (Å²) in [6.45, 7) is 6.57. The highest BCUT2D eigenvalue weighted by atomic mass is 32.2. The summed E-state index contributed by atoms with van der Waals surface area (Å²) < 4.78 is 35.6. The van der Waals surface area contributed by atoms with Gasteiger partial charge in [0.15, 0.2) is 21.3 Å². The first-order valence-corrected chi connectivity index (χ1v) is 10.1. The Hall–Kier alpha value is -1.80. The number of nitrogens with one attached hydrogen (secondary N) is 1. The van der Waals surface area contributed by atoms with Gasteiger partial charge in [0.1, 0.15) is 0 Å². The van der Waals surface area contributed by atoms with E-state index in [1.54, 1.807) is 34.1 Å². The van der Waals surface area contributed by atoms with Gasteiger partial charge in [-0.05, 0) is 43.9 Å². The van der Waals surface area contributed by atoms with Crippen molar-refractivity contribution in [3.8, 4) is 11.5 Å². The van der Waals surface area contributed by atoms with Crippen molar-refractivity contribution in [2.75, 3.05) is 20.8 Å². The quantitative estimate of drug-likeness (QED) is 0.666. The van der Waals surface area contributed by atoms with Crippen molar-refractivity contribution in [3.63, 3.8) is 0 Å². The Kier molecular flexibility index (Phi) is 7.46. The van der Waals surface area contributed by atoms with Gasteiger partial charge in [-0.1, -0.05) is 19.9 Å². The monoisotopic (exact) mass is 386 g/mol. The highest BCUT2D eigenvalue weighted by molar-refractivity contribution is 7.94. The van der Waals surface area contributed by atoms with Crippen LogP contribution in [0.25, 0.3) is 0 Å². The van der Waals surface area contributed by atoms with Gasteiger partial charge in [0, 0.05) is 6.54 Å². The number of hydrogen-bond acceptors (Lipinski definition) is 6. The molecule has 1 aromatic rings. The average molecular weight is 387 g/mol. The molecule has 0 saturated carbocycles. The lowest BCUT2D eigenvalue weighted by Crippen LogP contribution is -2.64. The van der Waals surface area contributed by atoms with Gasteiger partial charge in [0.25, 0.3) is 5.91 Å². The number of nitrogens with two attached hydrogens (primary N) is 1. The molecular weight excluding hydrogens is 356 g/mol. The molecule has 8 heteroatoms.